The Morgan fingerprint density at radius 2 is 1.57 bits per heavy atom. The second-order valence-electron chi connectivity index (χ2n) is 9.03. The zero-order valence-electron chi connectivity index (χ0n) is 21.3. The molecule has 2 amide bonds. The highest BCUT2D eigenvalue weighted by molar-refractivity contribution is 8.18. The first-order valence-electron chi connectivity index (χ1n) is 12.0. The van der Waals surface area contributed by atoms with Crippen LogP contribution in [-0.2, 0) is 11.3 Å². The molecule has 5 rings (SSSR count). The van der Waals surface area contributed by atoms with Crippen molar-refractivity contribution in [2.75, 3.05) is 0 Å². The number of aryl methyl sites for hydroxylation is 1. The summed E-state index contributed by atoms with van der Waals surface area (Å²) in [6.45, 7) is 4.07. The van der Waals surface area contributed by atoms with Gasteiger partial charge in [-0.2, -0.15) is 0 Å². The number of rotatable bonds is 7. The van der Waals surface area contributed by atoms with E-state index in [9.17, 15) is 19.7 Å². The molecule has 0 atom stereocenters. The SMILES string of the molecule is Cc1cc(/C=C2\SC(=O)N(Cc3ccc(Cl)c(Cl)c3)C2=O)c(C)n1-c1ccc(Sc2ccc([N+](=O)[O-])cc2)cc1. The van der Waals surface area contributed by atoms with E-state index < -0.39 is 4.92 Å². The third-order valence-electron chi connectivity index (χ3n) is 6.33. The Morgan fingerprint density at radius 1 is 0.925 bits per heavy atom. The van der Waals surface area contributed by atoms with E-state index in [2.05, 4.69) is 4.57 Å². The zero-order chi connectivity index (χ0) is 28.6. The number of nitrogens with zero attached hydrogens (tertiary/aromatic N) is 3. The monoisotopic (exact) mass is 609 g/mol. The van der Waals surface area contributed by atoms with E-state index in [4.69, 9.17) is 23.2 Å². The molecular formula is C29H21Cl2N3O4S2. The Hall–Kier alpha value is -3.50. The van der Waals surface area contributed by atoms with Gasteiger partial charge in [-0.15, -0.1) is 0 Å². The minimum Gasteiger partial charge on any atom is -0.318 e. The van der Waals surface area contributed by atoms with Crippen LogP contribution in [0.2, 0.25) is 10.0 Å². The van der Waals surface area contributed by atoms with Crippen molar-refractivity contribution in [3.8, 4) is 5.69 Å². The molecule has 11 heteroatoms. The number of nitro groups is 1. The van der Waals surface area contributed by atoms with Crippen molar-refractivity contribution in [3.05, 3.63) is 120 Å². The van der Waals surface area contributed by atoms with Gasteiger partial charge in [0, 0.05) is 39.0 Å². The van der Waals surface area contributed by atoms with Gasteiger partial charge in [-0.25, -0.2) is 0 Å². The minimum absolute atomic E-state index is 0.0604. The highest BCUT2D eigenvalue weighted by Crippen LogP contribution is 2.36. The van der Waals surface area contributed by atoms with Crippen molar-refractivity contribution in [2.45, 2.75) is 30.2 Å². The molecule has 0 bridgehead atoms. The molecule has 0 spiro atoms. The Labute approximate surface area is 248 Å². The van der Waals surface area contributed by atoms with Crippen LogP contribution >= 0.6 is 46.7 Å². The van der Waals surface area contributed by atoms with Crippen LogP contribution in [0.25, 0.3) is 11.8 Å². The van der Waals surface area contributed by atoms with E-state index in [0.29, 0.717) is 20.5 Å². The van der Waals surface area contributed by atoms with Crippen molar-refractivity contribution in [2.24, 2.45) is 0 Å². The second kappa shape index (κ2) is 11.5. The van der Waals surface area contributed by atoms with Crippen LogP contribution in [0.1, 0.15) is 22.5 Å². The topological polar surface area (TPSA) is 85.5 Å². The molecular weight excluding hydrogens is 589 g/mol. The molecule has 202 valence electrons. The van der Waals surface area contributed by atoms with Crippen molar-refractivity contribution >= 4 is 69.6 Å². The van der Waals surface area contributed by atoms with E-state index in [1.807, 2.05) is 44.2 Å². The molecule has 3 aromatic carbocycles. The van der Waals surface area contributed by atoms with E-state index in [0.717, 1.165) is 44.2 Å². The molecule has 0 saturated carbocycles. The number of imide groups is 1. The summed E-state index contributed by atoms with van der Waals surface area (Å²) in [4.78, 5) is 39.7. The number of amides is 2. The van der Waals surface area contributed by atoms with Gasteiger partial charge >= 0.3 is 0 Å². The fraction of sp³-hybridized carbons (Fsp3) is 0.103. The lowest BCUT2D eigenvalue weighted by atomic mass is 10.2. The lowest BCUT2D eigenvalue weighted by molar-refractivity contribution is -0.384. The number of carbonyl (C=O) groups excluding carboxylic acids is 2. The Bertz CT molecular complexity index is 1680. The van der Waals surface area contributed by atoms with Crippen LogP contribution in [0.5, 0.6) is 0 Å². The fourth-order valence-corrected chi connectivity index (χ4v) is 6.33. The van der Waals surface area contributed by atoms with Gasteiger partial charge < -0.3 is 4.57 Å². The molecule has 1 aromatic heterocycles. The lowest BCUT2D eigenvalue weighted by Gasteiger charge is -2.13. The van der Waals surface area contributed by atoms with Crippen LogP contribution in [0.4, 0.5) is 10.5 Å². The van der Waals surface area contributed by atoms with Crippen LogP contribution in [0.15, 0.2) is 87.5 Å². The summed E-state index contributed by atoms with van der Waals surface area (Å²) >= 11 is 14.5. The molecule has 1 aliphatic heterocycles. The van der Waals surface area contributed by atoms with Crippen LogP contribution < -0.4 is 0 Å². The van der Waals surface area contributed by atoms with Gasteiger partial charge in [-0.05, 0) is 97.4 Å². The molecule has 4 aromatic rings. The quantitative estimate of drug-likeness (QED) is 0.118. The third kappa shape index (κ3) is 5.83. The number of aromatic nitrogens is 1. The molecule has 40 heavy (non-hydrogen) atoms. The van der Waals surface area contributed by atoms with Crippen molar-refractivity contribution in [1.29, 1.82) is 0 Å². The maximum absolute atomic E-state index is 13.1. The standard InChI is InChI=1S/C29H21Cl2N3O4S2/c1-17-13-20(15-27-28(35)32(29(36)40-27)16-19-3-12-25(30)26(31)14-19)18(2)33(17)21-4-8-23(9-5-21)39-24-10-6-22(7-11-24)34(37)38/h3-15H,16H2,1-2H3/b27-15-. The van der Waals surface area contributed by atoms with E-state index in [1.54, 1.807) is 36.4 Å². The van der Waals surface area contributed by atoms with Gasteiger partial charge in [0.2, 0.25) is 0 Å². The van der Waals surface area contributed by atoms with Crippen molar-refractivity contribution < 1.29 is 14.5 Å². The van der Waals surface area contributed by atoms with Gasteiger partial charge in [0.05, 0.1) is 26.4 Å². The Kier molecular flexibility index (Phi) is 8.09. The normalized spacial score (nSPS) is 14.4. The number of hydrogen-bond acceptors (Lipinski definition) is 6. The van der Waals surface area contributed by atoms with Gasteiger partial charge in [-0.3, -0.25) is 24.6 Å². The molecule has 7 nitrogen and oxygen atoms in total. The average Bonchev–Trinajstić information content (AvgIpc) is 3.35. The van der Waals surface area contributed by atoms with E-state index >= 15 is 0 Å². The molecule has 0 radical (unpaired) electrons. The predicted octanol–water partition coefficient (Wildman–Crippen LogP) is 8.70. The molecule has 0 unspecified atom stereocenters. The number of benzene rings is 3. The lowest BCUT2D eigenvalue weighted by Crippen LogP contribution is -2.27. The third-order valence-corrected chi connectivity index (χ3v) is 9.00. The molecule has 0 aliphatic carbocycles. The smallest absolute Gasteiger partial charge is 0.293 e. The van der Waals surface area contributed by atoms with Gasteiger partial charge in [0.25, 0.3) is 16.8 Å². The maximum atomic E-state index is 13.1. The molecule has 0 N–H and O–H groups in total. The number of hydrogen-bond donors (Lipinski definition) is 0. The second-order valence-corrected chi connectivity index (χ2v) is 12.0. The van der Waals surface area contributed by atoms with Gasteiger partial charge in [0.15, 0.2) is 0 Å². The summed E-state index contributed by atoms with van der Waals surface area (Å²) in [5.41, 5.74) is 4.49. The summed E-state index contributed by atoms with van der Waals surface area (Å²) in [5, 5.41) is 11.3. The average molecular weight is 611 g/mol. The minimum atomic E-state index is -0.415. The number of nitro benzene ring substituents is 1. The highest BCUT2D eigenvalue weighted by Gasteiger charge is 2.35. The number of halogens is 2. The van der Waals surface area contributed by atoms with Gasteiger partial charge in [0.1, 0.15) is 0 Å². The highest BCUT2D eigenvalue weighted by atomic mass is 35.5. The molecule has 1 aliphatic rings. The van der Waals surface area contributed by atoms with Crippen molar-refractivity contribution in [1.82, 2.24) is 9.47 Å². The van der Waals surface area contributed by atoms with Crippen LogP contribution in [-0.4, -0.2) is 25.5 Å². The van der Waals surface area contributed by atoms with E-state index in [-0.39, 0.29) is 23.4 Å². The number of thioether (sulfide) groups is 1. The Morgan fingerprint density at radius 3 is 2.20 bits per heavy atom. The first kappa shape index (κ1) is 28.0. The first-order valence-corrected chi connectivity index (χ1v) is 14.4. The van der Waals surface area contributed by atoms with Crippen LogP contribution in [0.3, 0.4) is 0 Å². The summed E-state index contributed by atoms with van der Waals surface area (Å²) in [6.07, 6.45) is 1.76. The maximum Gasteiger partial charge on any atom is 0.293 e. The summed E-state index contributed by atoms with van der Waals surface area (Å²) in [5.74, 6) is -0.349. The fourth-order valence-electron chi connectivity index (χ4n) is 4.36. The summed E-state index contributed by atoms with van der Waals surface area (Å²) in [7, 11) is 0. The summed E-state index contributed by atoms with van der Waals surface area (Å²) < 4.78 is 2.09. The predicted molar refractivity (Wildman–Crippen MR) is 160 cm³/mol. The van der Waals surface area contributed by atoms with Crippen LogP contribution in [0, 0.1) is 24.0 Å². The summed E-state index contributed by atoms with van der Waals surface area (Å²) in [6, 6.07) is 21.5. The van der Waals surface area contributed by atoms with Gasteiger partial charge in [-0.1, -0.05) is 41.0 Å². The van der Waals surface area contributed by atoms with Crippen molar-refractivity contribution in [3.63, 3.8) is 0 Å². The Balaban J connectivity index is 1.33. The molecule has 2 heterocycles. The first-order chi connectivity index (χ1) is 19.1. The largest absolute Gasteiger partial charge is 0.318 e. The molecule has 1 saturated heterocycles. The zero-order valence-corrected chi connectivity index (χ0v) is 24.4. The number of carbonyl (C=O) groups is 2. The van der Waals surface area contributed by atoms with E-state index in [1.165, 1.54) is 28.8 Å². The number of non-ortho nitro benzene ring substituents is 1. The molecule has 1 fully saturated rings.